The molecule has 0 radical (unpaired) electrons. The molecule has 0 saturated carbocycles. The fourth-order valence-electron chi connectivity index (χ4n) is 1.71. The summed E-state index contributed by atoms with van der Waals surface area (Å²) in [5.74, 6) is -0.272. The molecule has 0 aliphatic carbocycles. The minimum atomic E-state index is -0.425. The van der Waals surface area contributed by atoms with Crippen LogP contribution in [0.4, 0.5) is 5.69 Å². The van der Waals surface area contributed by atoms with E-state index < -0.39 is 5.41 Å². The molecule has 0 aliphatic rings. The molecule has 5 nitrogen and oxygen atoms in total. The molecule has 0 fully saturated rings. The fourth-order valence-corrected chi connectivity index (χ4v) is 1.71. The number of carbonyl (C=O) groups is 2. The molecule has 1 rings (SSSR count). The van der Waals surface area contributed by atoms with Crippen LogP contribution in [0.5, 0.6) is 0 Å². The molecule has 2 amide bonds. The minimum absolute atomic E-state index is 0.0430. The number of anilines is 1. The largest absolute Gasteiger partial charge is 0.394 e. The highest BCUT2D eigenvalue weighted by molar-refractivity contribution is 5.97. The van der Waals surface area contributed by atoms with E-state index in [4.69, 9.17) is 5.11 Å². The Labute approximate surface area is 132 Å². The van der Waals surface area contributed by atoms with E-state index in [1.165, 1.54) is 0 Å². The van der Waals surface area contributed by atoms with Crippen LogP contribution in [0.15, 0.2) is 24.3 Å². The molecule has 0 bridgehead atoms. The Balaban J connectivity index is 2.71. The van der Waals surface area contributed by atoms with Crippen LogP contribution in [0.1, 0.15) is 50.9 Å². The molecule has 0 saturated heterocycles. The van der Waals surface area contributed by atoms with Crippen LogP contribution in [0.3, 0.4) is 0 Å². The first kappa shape index (κ1) is 18.2. The SMILES string of the molecule is CCC(CO)NC(=O)c1ccc(NC(=O)C(C)(C)CC)cc1. The molecular weight excluding hydrogens is 280 g/mol. The molecule has 5 heteroatoms. The number of nitrogens with one attached hydrogen (secondary N) is 2. The molecule has 0 heterocycles. The van der Waals surface area contributed by atoms with Crippen molar-refractivity contribution in [3.63, 3.8) is 0 Å². The van der Waals surface area contributed by atoms with E-state index in [1.54, 1.807) is 24.3 Å². The highest BCUT2D eigenvalue weighted by Crippen LogP contribution is 2.22. The van der Waals surface area contributed by atoms with E-state index in [-0.39, 0.29) is 24.5 Å². The van der Waals surface area contributed by atoms with E-state index in [2.05, 4.69) is 10.6 Å². The van der Waals surface area contributed by atoms with Crippen molar-refractivity contribution in [2.45, 2.75) is 46.6 Å². The first-order valence-corrected chi connectivity index (χ1v) is 7.67. The van der Waals surface area contributed by atoms with E-state index in [0.717, 1.165) is 6.42 Å². The molecule has 1 aromatic carbocycles. The van der Waals surface area contributed by atoms with Crippen molar-refractivity contribution in [1.82, 2.24) is 5.32 Å². The number of rotatable bonds is 7. The standard InChI is InChI=1S/C17H26N2O3/c1-5-13(11-20)18-15(21)12-7-9-14(10-8-12)19-16(22)17(3,4)6-2/h7-10,13,20H,5-6,11H2,1-4H3,(H,18,21)(H,19,22). The third kappa shape index (κ3) is 4.84. The van der Waals surface area contributed by atoms with Crippen LogP contribution in [-0.2, 0) is 4.79 Å². The van der Waals surface area contributed by atoms with Crippen molar-refractivity contribution in [2.24, 2.45) is 5.41 Å². The minimum Gasteiger partial charge on any atom is -0.394 e. The van der Waals surface area contributed by atoms with E-state index in [0.29, 0.717) is 17.7 Å². The third-order valence-corrected chi connectivity index (χ3v) is 3.95. The number of benzene rings is 1. The number of hydrogen-bond donors (Lipinski definition) is 3. The lowest BCUT2D eigenvalue weighted by atomic mass is 9.89. The van der Waals surface area contributed by atoms with Crippen molar-refractivity contribution in [3.05, 3.63) is 29.8 Å². The van der Waals surface area contributed by atoms with Gasteiger partial charge in [-0.1, -0.05) is 27.7 Å². The van der Waals surface area contributed by atoms with Gasteiger partial charge in [0.05, 0.1) is 12.6 Å². The first-order valence-electron chi connectivity index (χ1n) is 7.67. The maximum Gasteiger partial charge on any atom is 0.251 e. The lowest BCUT2D eigenvalue weighted by Gasteiger charge is -2.21. The van der Waals surface area contributed by atoms with Gasteiger partial charge < -0.3 is 15.7 Å². The van der Waals surface area contributed by atoms with Gasteiger partial charge in [-0.3, -0.25) is 9.59 Å². The topological polar surface area (TPSA) is 78.4 Å². The van der Waals surface area contributed by atoms with Gasteiger partial charge in [0.1, 0.15) is 0 Å². The Kier molecular flexibility index (Phi) is 6.56. The Morgan fingerprint density at radius 2 is 1.77 bits per heavy atom. The fraction of sp³-hybridized carbons (Fsp3) is 0.529. The first-order chi connectivity index (χ1) is 10.3. The van der Waals surface area contributed by atoms with E-state index in [9.17, 15) is 9.59 Å². The van der Waals surface area contributed by atoms with Crippen molar-refractivity contribution in [2.75, 3.05) is 11.9 Å². The number of hydrogen-bond acceptors (Lipinski definition) is 3. The number of aliphatic hydroxyl groups excluding tert-OH is 1. The smallest absolute Gasteiger partial charge is 0.251 e. The van der Waals surface area contributed by atoms with Crippen molar-refractivity contribution >= 4 is 17.5 Å². The van der Waals surface area contributed by atoms with E-state index in [1.807, 2.05) is 27.7 Å². The van der Waals surface area contributed by atoms with Gasteiger partial charge in [0.25, 0.3) is 5.91 Å². The van der Waals surface area contributed by atoms with Crippen LogP contribution in [0.25, 0.3) is 0 Å². The van der Waals surface area contributed by atoms with Gasteiger partial charge in [-0.25, -0.2) is 0 Å². The molecular formula is C17H26N2O3. The molecule has 122 valence electrons. The summed E-state index contributed by atoms with van der Waals surface area (Å²) in [5, 5.41) is 14.7. The predicted octanol–water partition coefficient (Wildman–Crippen LogP) is 2.56. The van der Waals surface area contributed by atoms with Gasteiger partial charge in [0.2, 0.25) is 5.91 Å². The summed E-state index contributed by atoms with van der Waals surface area (Å²) in [6.07, 6.45) is 1.42. The summed E-state index contributed by atoms with van der Waals surface area (Å²) < 4.78 is 0. The molecule has 1 atom stereocenters. The zero-order valence-corrected chi connectivity index (χ0v) is 13.8. The molecule has 1 aromatic rings. The predicted molar refractivity (Wildman–Crippen MR) is 87.8 cm³/mol. The highest BCUT2D eigenvalue weighted by atomic mass is 16.3. The molecule has 0 spiro atoms. The number of amides is 2. The summed E-state index contributed by atoms with van der Waals surface area (Å²) in [6, 6.07) is 6.50. The normalized spacial score (nSPS) is 12.6. The van der Waals surface area contributed by atoms with Gasteiger partial charge >= 0.3 is 0 Å². The quantitative estimate of drug-likeness (QED) is 0.724. The number of carbonyl (C=O) groups excluding carboxylic acids is 2. The molecule has 22 heavy (non-hydrogen) atoms. The average Bonchev–Trinajstić information content (AvgIpc) is 2.52. The van der Waals surface area contributed by atoms with Gasteiger partial charge in [-0.05, 0) is 37.1 Å². The van der Waals surface area contributed by atoms with Gasteiger partial charge in [-0.15, -0.1) is 0 Å². The average molecular weight is 306 g/mol. The van der Waals surface area contributed by atoms with E-state index >= 15 is 0 Å². The van der Waals surface area contributed by atoms with Gasteiger partial charge in [0.15, 0.2) is 0 Å². The Morgan fingerprint density at radius 3 is 2.23 bits per heavy atom. The van der Waals surface area contributed by atoms with Crippen LogP contribution in [0.2, 0.25) is 0 Å². The second kappa shape index (κ2) is 7.94. The van der Waals surface area contributed by atoms with Crippen LogP contribution in [0, 0.1) is 5.41 Å². The van der Waals surface area contributed by atoms with Crippen molar-refractivity contribution in [1.29, 1.82) is 0 Å². The summed E-state index contributed by atoms with van der Waals surface area (Å²) in [4.78, 5) is 24.1. The second-order valence-corrected chi connectivity index (χ2v) is 6.03. The van der Waals surface area contributed by atoms with Crippen LogP contribution < -0.4 is 10.6 Å². The van der Waals surface area contributed by atoms with Crippen LogP contribution >= 0.6 is 0 Å². The van der Waals surface area contributed by atoms with Crippen LogP contribution in [-0.4, -0.2) is 29.6 Å². The lowest BCUT2D eigenvalue weighted by molar-refractivity contribution is -0.124. The van der Waals surface area contributed by atoms with Gasteiger partial charge in [-0.2, -0.15) is 0 Å². The summed E-state index contributed by atoms with van der Waals surface area (Å²) in [6.45, 7) is 7.57. The summed E-state index contributed by atoms with van der Waals surface area (Å²) in [7, 11) is 0. The molecule has 0 aromatic heterocycles. The second-order valence-electron chi connectivity index (χ2n) is 6.03. The van der Waals surface area contributed by atoms with Gasteiger partial charge in [0, 0.05) is 16.7 Å². The van der Waals surface area contributed by atoms with Crippen molar-refractivity contribution in [3.8, 4) is 0 Å². The molecule has 0 aliphatic heterocycles. The molecule has 3 N–H and O–H groups in total. The summed E-state index contributed by atoms with van der Waals surface area (Å²) in [5.41, 5.74) is 0.739. The highest BCUT2D eigenvalue weighted by Gasteiger charge is 2.25. The Bertz CT molecular complexity index is 505. The third-order valence-electron chi connectivity index (χ3n) is 3.95. The summed E-state index contributed by atoms with van der Waals surface area (Å²) >= 11 is 0. The Hall–Kier alpha value is -1.88. The Morgan fingerprint density at radius 1 is 1.18 bits per heavy atom. The maximum atomic E-state index is 12.1. The van der Waals surface area contributed by atoms with Crippen molar-refractivity contribution < 1.29 is 14.7 Å². The zero-order valence-electron chi connectivity index (χ0n) is 13.8. The number of aliphatic hydroxyl groups is 1. The maximum absolute atomic E-state index is 12.1. The zero-order chi connectivity index (χ0) is 16.8. The lowest BCUT2D eigenvalue weighted by Crippen LogP contribution is -2.36. The molecule has 1 unspecified atom stereocenters. The monoisotopic (exact) mass is 306 g/mol.